The second kappa shape index (κ2) is 4.23. The summed E-state index contributed by atoms with van der Waals surface area (Å²) in [5, 5.41) is 0. The highest BCUT2D eigenvalue weighted by molar-refractivity contribution is 5.92. The summed E-state index contributed by atoms with van der Waals surface area (Å²) in [7, 11) is 0. The molecule has 3 heteroatoms. The van der Waals surface area contributed by atoms with E-state index in [-0.39, 0.29) is 17.1 Å². The molecule has 0 atom stereocenters. The molecule has 18 heavy (non-hydrogen) atoms. The third-order valence-corrected chi connectivity index (χ3v) is 4.09. The number of Topliss-reactive ketones (excluding diaryl/α,β-unsaturated/α-hetero) is 1. The lowest BCUT2D eigenvalue weighted by Gasteiger charge is -2.30. The second-order valence-corrected chi connectivity index (χ2v) is 5.28. The highest BCUT2D eigenvalue weighted by Gasteiger charge is 2.53. The molecule has 3 rings (SSSR count). The Morgan fingerprint density at radius 2 is 1.67 bits per heavy atom. The molecule has 0 bridgehead atoms. The van der Waals surface area contributed by atoms with Crippen molar-refractivity contribution in [3.63, 3.8) is 0 Å². The van der Waals surface area contributed by atoms with Crippen LogP contribution in [0.3, 0.4) is 0 Å². The molecule has 2 fully saturated rings. The Kier molecular flexibility index (Phi) is 2.69. The van der Waals surface area contributed by atoms with Gasteiger partial charge in [-0.15, -0.1) is 0 Å². The summed E-state index contributed by atoms with van der Waals surface area (Å²) in [6, 6.07) is 10.0. The molecule has 1 saturated heterocycles. The minimum atomic E-state index is -0.276. The highest BCUT2D eigenvalue weighted by atomic mass is 16.2. The van der Waals surface area contributed by atoms with Crippen molar-refractivity contribution in [2.24, 2.45) is 0 Å². The van der Waals surface area contributed by atoms with Crippen molar-refractivity contribution >= 4 is 11.7 Å². The SMILES string of the molecule is O=C1CCN(C(=O)C2(c3ccccc3)CC2)CC1. The molecule has 1 saturated carbocycles. The molecule has 2 aliphatic rings. The van der Waals surface area contributed by atoms with Crippen LogP contribution < -0.4 is 0 Å². The smallest absolute Gasteiger partial charge is 0.233 e. The monoisotopic (exact) mass is 243 g/mol. The number of rotatable bonds is 2. The third kappa shape index (κ3) is 1.84. The van der Waals surface area contributed by atoms with Crippen LogP contribution in [-0.2, 0) is 15.0 Å². The summed E-state index contributed by atoms with van der Waals surface area (Å²) < 4.78 is 0. The number of benzene rings is 1. The van der Waals surface area contributed by atoms with Crippen molar-refractivity contribution in [1.29, 1.82) is 0 Å². The van der Waals surface area contributed by atoms with E-state index >= 15 is 0 Å². The normalized spacial score (nSPS) is 21.8. The maximum absolute atomic E-state index is 12.6. The van der Waals surface area contributed by atoms with Crippen LogP contribution in [0.5, 0.6) is 0 Å². The van der Waals surface area contributed by atoms with Gasteiger partial charge in [-0.3, -0.25) is 9.59 Å². The Morgan fingerprint density at radius 1 is 1.06 bits per heavy atom. The van der Waals surface area contributed by atoms with Crippen molar-refractivity contribution in [3.8, 4) is 0 Å². The van der Waals surface area contributed by atoms with Gasteiger partial charge in [-0.25, -0.2) is 0 Å². The number of hydrogen-bond donors (Lipinski definition) is 0. The van der Waals surface area contributed by atoms with Crippen molar-refractivity contribution in [2.75, 3.05) is 13.1 Å². The summed E-state index contributed by atoms with van der Waals surface area (Å²) in [5.74, 6) is 0.504. The van der Waals surface area contributed by atoms with E-state index < -0.39 is 0 Å². The third-order valence-electron chi connectivity index (χ3n) is 4.09. The first kappa shape index (κ1) is 11.5. The minimum absolute atomic E-state index is 0.223. The molecule has 0 aromatic heterocycles. The topological polar surface area (TPSA) is 37.4 Å². The van der Waals surface area contributed by atoms with Crippen LogP contribution in [0.15, 0.2) is 30.3 Å². The number of likely N-dealkylation sites (tertiary alicyclic amines) is 1. The first-order chi connectivity index (χ1) is 8.72. The Bertz CT molecular complexity index is 467. The highest BCUT2D eigenvalue weighted by Crippen LogP contribution is 2.49. The lowest BCUT2D eigenvalue weighted by Crippen LogP contribution is -2.44. The van der Waals surface area contributed by atoms with Gasteiger partial charge in [-0.05, 0) is 18.4 Å². The van der Waals surface area contributed by atoms with Gasteiger partial charge in [-0.1, -0.05) is 30.3 Å². The molecule has 1 aromatic carbocycles. The van der Waals surface area contributed by atoms with E-state index in [9.17, 15) is 9.59 Å². The lowest BCUT2D eigenvalue weighted by molar-refractivity contribution is -0.136. The summed E-state index contributed by atoms with van der Waals surface area (Å²) in [4.78, 5) is 25.7. The number of ketones is 1. The zero-order valence-corrected chi connectivity index (χ0v) is 10.4. The molecular formula is C15H17NO2. The van der Waals surface area contributed by atoms with Crippen LogP contribution in [0.25, 0.3) is 0 Å². The molecule has 1 amide bonds. The van der Waals surface area contributed by atoms with Crippen molar-refractivity contribution in [1.82, 2.24) is 4.90 Å². The van der Waals surface area contributed by atoms with Gasteiger partial charge in [0, 0.05) is 25.9 Å². The molecule has 1 aromatic rings. The summed E-state index contributed by atoms with van der Waals surface area (Å²) >= 11 is 0. The van der Waals surface area contributed by atoms with E-state index in [1.54, 1.807) is 0 Å². The van der Waals surface area contributed by atoms with E-state index in [0.29, 0.717) is 25.9 Å². The number of carbonyl (C=O) groups excluding carboxylic acids is 2. The maximum atomic E-state index is 12.6. The number of hydrogen-bond acceptors (Lipinski definition) is 2. The second-order valence-electron chi connectivity index (χ2n) is 5.28. The fourth-order valence-electron chi connectivity index (χ4n) is 2.77. The van der Waals surface area contributed by atoms with E-state index in [0.717, 1.165) is 18.4 Å². The fraction of sp³-hybridized carbons (Fsp3) is 0.467. The number of carbonyl (C=O) groups is 2. The molecule has 0 radical (unpaired) electrons. The maximum Gasteiger partial charge on any atom is 0.233 e. The van der Waals surface area contributed by atoms with Crippen LogP contribution in [0.2, 0.25) is 0 Å². The van der Waals surface area contributed by atoms with Gasteiger partial charge in [0.1, 0.15) is 5.78 Å². The van der Waals surface area contributed by atoms with Crippen LogP contribution in [0.4, 0.5) is 0 Å². The van der Waals surface area contributed by atoms with E-state index in [2.05, 4.69) is 0 Å². The largest absolute Gasteiger partial charge is 0.341 e. The predicted octanol–water partition coefficient (Wildman–Crippen LogP) is 1.91. The molecule has 1 aliphatic carbocycles. The average molecular weight is 243 g/mol. The summed E-state index contributed by atoms with van der Waals surface area (Å²) in [6.07, 6.45) is 2.94. The number of piperidine rings is 1. The fourth-order valence-corrected chi connectivity index (χ4v) is 2.77. The van der Waals surface area contributed by atoms with Crippen LogP contribution in [0, 0.1) is 0 Å². The van der Waals surface area contributed by atoms with Crippen molar-refractivity contribution in [2.45, 2.75) is 31.1 Å². The van der Waals surface area contributed by atoms with Crippen molar-refractivity contribution < 1.29 is 9.59 Å². The molecule has 1 aliphatic heterocycles. The molecular weight excluding hydrogens is 226 g/mol. The quantitative estimate of drug-likeness (QED) is 0.795. The van der Waals surface area contributed by atoms with Gasteiger partial charge in [-0.2, -0.15) is 0 Å². The van der Waals surface area contributed by atoms with Crippen molar-refractivity contribution in [3.05, 3.63) is 35.9 Å². The number of amides is 1. The van der Waals surface area contributed by atoms with Gasteiger partial charge in [0.2, 0.25) is 5.91 Å². The first-order valence-corrected chi connectivity index (χ1v) is 6.59. The minimum Gasteiger partial charge on any atom is -0.341 e. The first-order valence-electron chi connectivity index (χ1n) is 6.59. The van der Waals surface area contributed by atoms with Crippen LogP contribution in [0.1, 0.15) is 31.2 Å². The predicted molar refractivity (Wildman–Crippen MR) is 68.2 cm³/mol. The number of nitrogens with zero attached hydrogens (tertiary/aromatic N) is 1. The Hall–Kier alpha value is -1.64. The lowest BCUT2D eigenvalue weighted by atomic mass is 9.93. The van der Waals surface area contributed by atoms with Gasteiger partial charge in [0.15, 0.2) is 0 Å². The molecule has 94 valence electrons. The average Bonchev–Trinajstić information content (AvgIpc) is 3.21. The zero-order chi connectivity index (χ0) is 12.6. The van der Waals surface area contributed by atoms with Gasteiger partial charge in [0.25, 0.3) is 0 Å². The molecule has 0 spiro atoms. The van der Waals surface area contributed by atoms with E-state index in [4.69, 9.17) is 0 Å². The van der Waals surface area contributed by atoms with E-state index in [1.165, 1.54) is 0 Å². The molecule has 0 unspecified atom stereocenters. The Labute approximate surface area is 107 Å². The van der Waals surface area contributed by atoms with E-state index in [1.807, 2.05) is 35.2 Å². The Morgan fingerprint density at radius 3 is 2.22 bits per heavy atom. The van der Waals surface area contributed by atoms with Gasteiger partial charge in [0.05, 0.1) is 5.41 Å². The standard InChI is InChI=1S/C15H17NO2/c17-13-6-10-16(11-7-13)14(18)15(8-9-15)12-4-2-1-3-5-12/h1-5H,6-11H2. The zero-order valence-electron chi connectivity index (χ0n) is 10.4. The van der Waals surface area contributed by atoms with Gasteiger partial charge >= 0.3 is 0 Å². The van der Waals surface area contributed by atoms with Crippen LogP contribution >= 0.6 is 0 Å². The Balaban J connectivity index is 1.78. The summed E-state index contributed by atoms with van der Waals surface area (Å²) in [6.45, 7) is 1.21. The molecule has 1 heterocycles. The van der Waals surface area contributed by atoms with Gasteiger partial charge < -0.3 is 4.90 Å². The van der Waals surface area contributed by atoms with Crippen LogP contribution in [-0.4, -0.2) is 29.7 Å². The molecule has 3 nitrogen and oxygen atoms in total. The summed E-state index contributed by atoms with van der Waals surface area (Å²) in [5.41, 5.74) is 0.855. The molecule has 0 N–H and O–H groups in total.